The fraction of sp³-hybridized carbons (Fsp3) is 0.444. The Labute approximate surface area is 195 Å². The van der Waals surface area contributed by atoms with E-state index in [9.17, 15) is 9.59 Å². The second-order valence-corrected chi connectivity index (χ2v) is 9.30. The highest BCUT2D eigenvalue weighted by Gasteiger charge is 2.27. The number of aromatic nitrogens is 2. The lowest BCUT2D eigenvalue weighted by Crippen LogP contribution is -2.50. The molecule has 0 N–H and O–H groups in total. The second-order valence-electron chi connectivity index (χ2n) is 9.30. The Hall–Kier alpha value is -3.15. The molecule has 2 aromatic carbocycles. The number of piperazine rings is 1. The summed E-state index contributed by atoms with van der Waals surface area (Å²) in [6.07, 6.45) is 6.60. The zero-order valence-electron chi connectivity index (χ0n) is 19.2. The van der Waals surface area contributed by atoms with Crippen molar-refractivity contribution in [3.8, 4) is 5.69 Å². The third kappa shape index (κ3) is 4.80. The first-order valence-corrected chi connectivity index (χ1v) is 12.3. The molecule has 1 aromatic heterocycles. The number of fused-ring (bicyclic) bond motifs is 1. The van der Waals surface area contributed by atoms with Gasteiger partial charge in [-0.25, -0.2) is 4.98 Å². The van der Waals surface area contributed by atoms with Crippen molar-refractivity contribution in [3.63, 3.8) is 0 Å². The van der Waals surface area contributed by atoms with Gasteiger partial charge in [0.15, 0.2) is 0 Å². The van der Waals surface area contributed by atoms with Gasteiger partial charge in [-0.15, -0.1) is 0 Å². The SMILES string of the molecule is O=C(CCc1nc2ccccc2n1-c1ccccc1)N1CCN(C(=O)CC2CCCC2)CC1. The summed E-state index contributed by atoms with van der Waals surface area (Å²) >= 11 is 0. The van der Waals surface area contributed by atoms with Crippen LogP contribution in [0.2, 0.25) is 0 Å². The fourth-order valence-corrected chi connectivity index (χ4v) is 5.28. The molecule has 0 bridgehead atoms. The molecule has 1 aliphatic heterocycles. The maximum absolute atomic E-state index is 13.0. The van der Waals surface area contributed by atoms with Crippen LogP contribution in [0.4, 0.5) is 0 Å². The van der Waals surface area contributed by atoms with Gasteiger partial charge in [-0.1, -0.05) is 43.2 Å². The molecule has 2 amide bonds. The number of hydrogen-bond donors (Lipinski definition) is 0. The molecule has 1 saturated carbocycles. The maximum atomic E-state index is 13.0. The minimum Gasteiger partial charge on any atom is -0.339 e. The van der Waals surface area contributed by atoms with Crippen molar-refractivity contribution in [2.45, 2.75) is 44.9 Å². The van der Waals surface area contributed by atoms with Crippen LogP contribution in [0.15, 0.2) is 54.6 Å². The average Bonchev–Trinajstić information content (AvgIpc) is 3.50. The van der Waals surface area contributed by atoms with E-state index in [4.69, 9.17) is 4.98 Å². The molecule has 0 unspecified atom stereocenters. The van der Waals surface area contributed by atoms with Gasteiger partial charge in [0, 0.05) is 51.1 Å². The lowest BCUT2D eigenvalue weighted by atomic mass is 10.0. The van der Waals surface area contributed by atoms with E-state index in [-0.39, 0.29) is 11.8 Å². The van der Waals surface area contributed by atoms with Crippen LogP contribution in [0.3, 0.4) is 0 Å². The number of nitrogens with zero attached hydrogens (tertiary/aromatic N) is 4. The third-order valence-electron chi connectivity index (χ3n) is 7.13. The fourth-order valence-electron chi connectivity index (χ4n) is 5.28. The number of imidazole rings is 1. The van der Waals surface area contributed by atoms with Crippen molar-refractivity contribution in [2.75, 3.05) is 26.2 Å². The number of amides is 2. The molecule has 3 aromatic rings. The molecule has 5 rings (SSSR count). The van der Waals surface area contributed by atoms with Crippen molar-refractivity contribution in [2.24, 2.45) is 5.92 Å². The Bertz CT molecular complexity index is 1110. The topological polar surface area (TPSA) is 58.4 Å². The average molecular weight is 445 g/mol. The number of carbonyl (C=O) groups is 2. The Morgan fingerprint density at radius 1 is 0.818 bits per heavy atom. The van der Waals surface area contributed by atoms with Crippen LogP contribution in [0.5, 0.6) is 0 Å². The van der Waals surface area contributed by atoms with Gasteiger partial charge in [-0.2, -0.15) is 0 Å². The summed E-state index contributed by atoms with van der Waals surface area (Å²) in [4.78, 5) is 34.3. The Morgan fingerprint density at radius 2 is 1.45 bits per heavy atom. The van der Waals surface area contributed by atoms with Gasteiger partial charge in [-0.05, 0) is 43.0 Å². The molecule has 0 radical (unpaired) electrons. The summed E-state index contributed by atoms with van der Waals surface area (Å²) in [5.41, 5.74) is 3.06. The highest BCUT2D eigenvalue weighted by atomic mass is 16.2. The number of aryl methyl sites for hydroxylation is 1. The van der Waals surface area contributed by atoms with Crippen LogP contribution in [-0.4, -0.2) is 57.3 Å². The summed E-state index contributed by atoms with van der Waals surface area (Å²) in [6, 6.07) is 18.3. The zero-order valence-corrected chi connectivity index (χ0v) is 19.2. The molecule has 1 saturated heterocycles. The molecular formula is C27H32N4O2. The maximum Gasteiger partial charge on any atom is 0.223 e. The molecule has 1 aliphatic carbocycles. The Morgan fingerprint density at radius 3 is 2.18 bits per heavy atom. The van der Waals surface area contributed by atoms with E-state index in [2.05, 4.69) is 22.8 Å². The van der Waals surface area contributed by atoms with Gasteiger partial charge in [0.25, 0.3) is 0 Å². The first kappa shape index (κ1) is 21.7. The van der Waals surface area contributed by atoms with E-state index in [1.54, 1.807) is 0 Å². The van der Waals surface area contributed by atoms with Gasteiger partial charge in [-0.3, -0.25) is 14.2 Å². The van der Waals surface area contributed by atoms with Gasteiger partial charge in [0.2, 0.25) is 11.8 Å². The summed E-state index contributed by atoms with van der Waals surface area (Å²) in [5.74, 6) is 1.89. The van der Waals surface area contributed by atoms with E-state index < -0.39 is 0 Å². The van der Waals surface area contributed by atoms with Crippen LogP contribution >= 0.6 is 0 Å². The van der Waals surface area contributed by atoms with Crippen molar-refractivity contribution >= 4 is 22.8 Å². The Balaban J connectivity index is 1.20. The van der Waals surface area contributed by atoms with Crippen LogP contribution in [0.25, 0.3) is 16.7 Å². The lowest BCUT2D eigenvalue weighted by Gasteiger charge is -2.35. The minimum absolute atomic E-state index is 0.143. The molecule has 6 nitrogen and oxygen atoms in total. The quantitative estimate of drug-likeness (QED) is 0.572. The van der Waals surface area contributed by atoms with Crippen LogP contribution in [0, 0.1) is 5.92 Å². The summed E-state index contributed by atoms with van der Waals surface area (Å²) in [7, 11) is 0. The number of benzene rings is 2. The van der Waals surface area contributed by atoms with Gasteiger partial charge >= 0.3 is 0 Å². The first-order chi connectivity index (χ1) is 16.2. The largest absolute Gasteiger partial charge is 0.339 e. The molecular weight excluding hydrogens is 412 g/mol. The molecule has 33 heavy (non-hydrogen) atoms. The summed E-state index contributed by atoms with van der Waals surface area (Å²) in [5, 5.41) is 0. The summed E-state index contributed by atoms with van der Waals surface area (Å²) < 4.78 is 2.16. The summed E-state index contributed by atoms with van der Waals surface area (Å²) in [6.45, 7) is 2.56. The standard InChI is InChI=1S/C27H32N4O2/c32-26(29-16-18-30(19-17-29)27(33)20-21-8-4-5-9-21)15-14-25-28-23-12-6-7-13-24(23)31(25)22-10-2-1-3-11-22/h1-3,6-7,10-13,21H,4-5,8-9,14-20H2. The van der Waals surface area contributed by atoms with E-state index in [1.165, 1.54) is 25.7 Å². The van der Waals surface area contributed by atoms with Crippen molar-refractivity contribution < 1.29 is 9.59 Å². The van der Waals surface area contributed by atoms with E-state index >= 15 is 0 Å². The number of hydrogen-bond acceptors (Lipinski definition) is 3. The van der Waals surface area contributed by atoms with E-state index in [0.29, 0.717) is 51.4 Å². The molecule has 2 fully saturated rings. The molecule has 172 valence electrons. The zero-order chi connectivity index (χ0) is 22.6. The number of para-hydroxylation sites is 3. The normalized spacial score (nSPS) is 17.1. The first-order valence-electron chi connectivity index (χ1n) is 12.3. The van der Waals surface area contributed by atoms with Gasteiger partial charge < -0.3 is 9.80 Å². The molecule has 0 spiro atoms. The van der Waals surface area contributed by atoms with Gasteiger partial charge in [0.05, 0.1) is 11.0 Å². The van der Waals surface area contributed by atoms with Crippen LogP contribution in [0.1, 0.15) is 44.3 Å². The van der Waals surface area contributed by atoms with Crippen molar-refractivity contribution in [1.82, 2.24) is 19.4 Å². The van der Waals surface area contributed by atoms with Gasteiger partial charge in [0.1, 0.15) is 5.82 Å². The van der Waals surface area contributed by atoms with Crippen molar-refractivity contribution in [1.29, 1.82) is 0 Å². The Kier molecular flexibility index (Phi) is 6.42. The van der Waals surface area contributed by atoms with E-state index in [1.807, 2.05) is 46.2 Å². The lowest BCUT2D eigenvalue weighted by molar-refractivity contribution is -0.140. The second kappa shape index (κ2) is 9.77. The highest BCUT2D eigenvalue weighted by Crippen LogP contribution is 2.28. The predicted octanol–water partition coefficient (Wildman–Crippen LogP) is 4.21. The molecule has 2 heterocycles. The molecule has 6 heteroatoms. The smallest absolute Gasteiger partial charge is 0.223 e. The number of carbonyl (C=O) groups excluding carboxylic acids is 2. The number of rotatable bonds is 6. The van der Waals surface area contributed by atoms with Crippen LogP contribution in [-0.2, 0) is 16.0 Å². The monoisotopic (exact) mass is 444 g/mol. The minimum atomic E-state index is 0.143. The molecule has 0 atom stereocenters. The van der Waals surface area contributed by atoms with E-state index in [0.717, 1.165) is 22.5 Å². The van der Waals surface area contributed by atoms with Crippen molar-refractivity contribution in [3.05, 3.63) is 60.4 Å². The highest BCUT2D eigenvalue weighted by molar-refractivity contribution is 5.80. The molecule has 2 aliphatic rings. The van der Waals surface area contributed by atoms with Crippen LogP contribution < -0.4 is 0 Å². The predicted molar refractivity (Wildman–Crippen MR) is 129 cm³/mol. The third-order valence-corrected chi connectivity index (χ3v) is 7.13.